The number of benzene rings is 1. The van der Waals surface area contributed by atoms with E-state index < -0.39 is 17.5 Å². The zero-order chi connectivity index (χ0) is 12.6. The lowest BCUT2D eigenvalue weighted by Gasteiger charge is -2.16. The minimum Gasteiger partial charge on any atom is -0.337 e. The molecule has 3 nitrogen and oxygen atoms in total. The third-order valence-corrected chi connectivity index (χ3v) is 3.04. The molecule has 2 N–H and O–H groups in total. The first-order valence-corrected chi connectivity index (χ1v) is 5.56. The molecule has 2 rings (SSSR count). The highest BCUT2D eigenvalue weighted by Crippen LogP contribution is 2.21. The number of rotatable bonds is 1. The molecule has 92 valence electrons. The van der Waals surface area contributed by atoms with Gasteiger partial charge in [0.1, 0.15) is 11.6 Å². The van der Waals surface area contributed by atoms with Gasteiger partial charge in [0.05, 0.1) is 10.6 Å². The summed E-state index contributed by atoms with van der Waals surface area (Å²) >= 11 is 5.41. The van der Waals surface area contributed by atoms with Gasteiger partial charge in [-0.1, -0.05) is 11.6 Å². The van der Waals surface area contributed by atoms with Crippen molar-refractivity contribution in [3.63, 3.8) is 0 Å². The van der Waals surface area contributed by atoms with Gasteiger partial charge in [-0.25, -0.2) is 8.78 Å². The number of hydrogen-bond donors (Lipinski definition) is 1. The third kappa shape index (κ3) is 2.40. The number of amides is 1. The predicted octanol–water partition coefficient (Wildman–Crippen LogP) is 1.79. The molecule has 0 saturated carbocycles. The first kappa shape index (κ1) is 12.3. The molecule has 1 heterocycles. The van der Waals surface area contributed by atoms with Crippen LogP contribution in [0.25, 0.3) is 0 Å². The first-order valence-electron chi connectivity index (χ1n) is 5.18. The van der Waals surface area contributed by atoms with Gasteiger partial charge in [0.25, 0.3) is 5.91 Å². The number of likely N-dealkylation sites (tertiary alicyclic amines) is 1. The van der Waals surface area contributed by atoms with Gasteiger partial charge in [0.2, 0.25) is 0 Å². The van der Waals surface area contributed by atoms with Crippen LogP contribution in [-0.2, 0) is 0 Å². The van der Waals surface area contributed by atoms with E-state index in [4.69, 9.17) is 17.3 Å². The molecule has 1 aliphatic rings. The van der Waals surface area contributed by atoms with Crippen molar-refractivity contribution in [1.82, 2.24) is 4.90 Å². The molecule has 0 aliphatic carbocycles. The third-order valence-electron chi connectivity index (χ3n) is 2.75. The van der Waals surface area contributed by atoms with Crippen LogP contribution in [-0.4, -0.2) is 29.9 Å². The van der Waals surface area contributed by atoms with Gasteiger partial charge >= 0.3 is 0 Å². The van der Waals surface area contributed by atoms with Crippen molar-refractivity contribution < 1.29 is 13.6 Å². The molecular weight excluding hydrogens is 250 g/mol. The fourth-order valence-corrected chi connectivity index (χ4v) is 1.98. The second-order valence-electron chi connectivity index (χ2n) is 4.05. The Morgan fingerprint density at radius 1 is 1.41 bits per heavy atom. The molecule has 6 heteroatoms. The molecule has 1 atom stereocenters. The minimum atomic E-state index is -0.818. The van der Waals surface area contributed by atoms with E-state index in [-0.39, 0.29) is 16.6 Å². The number of carbonyl (C=O) groups excluding carboxylic acids is 1. The summed E-state index contributed by atoms with van der Waals surface area (Å²) in [4.78, 5) is 13.3. The summed E-state index contributed by atoms with van der Waals surface area (Å²) < 4.78 is 26.7. The minimum absolute atomic E-state index is 0.0980. The smallest absolute Gasteiger partial charge is 0.256 e. The van der Waals surface area contributed by atoms with Crippen LogP contribution >= 0.6 is 11.6 Å². The van der Waals surface area contributed by atoms with Crippen LogP contribution in [0.1, 0.15) is 16.8 Å². The Hall–Kier alpha value is -1.20. The molecule has 1 saturated heterocycles. The maximum Gasteiger partial charge on any atom is 0.256 e. The summed E-state index contributed by atoms with van der Waals surface area (Å²) in [5.41, 5.74) is 5.35. The van der Waals surface area contributed by atoms with Crippen LogP contribution in [0.4, 0.5) is 8.78 Å². The fraction of sp³-hybridized carbons (Fsp3) is 0.364. The standard InChI is InChI=1S/C11H11ClF2N2O/c12-8-4-9(13)7(3-10(8)14)11(17)16-2-1-6(15)5-16/h3-4,6H,1-2,5,15H2. The van der Waals surface area contributed by atoms with E-state index in [9.17, 15) is 13.6 Å². The monoisotopic (exact) mass is 260 g/mol. The van der Waals surface area contributed by atoms with E-state index in [1.54, 1.807) is 0 Å². The Kier molecular flexibility index (Phi) is 3.31. The zero-order valence-corrected chi connectivity index (χ0v) is 9.68. The van der Waals surface area contributed by atoms with Crippen molar-refractivity contribution in [2.45, 2.75) is 12.5 Å². The highest BCUT2D eigenvalue weighted by molar-refractivity contribution is 6.30. The summed E-state index contributed by atoms with van der Waals surface area (Å²) in [7, 11) is 0. The molecule has 1 unspecified atom stereocenters. The Labute approximate surface area is 102 Å². The second-order valence-corrected chi connectivity index (χ2v) is 4.45. The van der Waals surface area contributed by atoms with Gasteiger partial charge in [0, 0.05) is 19.1 Å². The van der Waals surface area contributed by atoms with E-state index >= 15 is 0 Å². The average Bonchev–Trinajstić information content (AvgIpc) is 2.69. The summed E-state index contributed by atoms with van der Waals surface area (Å²) in [6.45, 7) is 0.826. The van der Waals surface area contributed by atoms with Crippen molar-refractivity contribution in [3.05, 3.63) is 34.4 Å². The number of carbonyl (C=O) groups is 1. The molecule has 1 aliphatic heterocycles. The highest BCUT2D eigenvalue weighted by atomic mass is 35.5. The molecule has 0 radical (unpaired) electrons. The Balaban J connectivity index is 2.28. The molecular formula is C11H11ClF2N2O. The van der Waals surface area contributed by atoms with Gasteiger partial charge in [-0.3, -0.25) is 4.79 Å². The number of nitrogens with zero attached hydrogens (tertiary/aromatic N) is 1. The van der Waals surface area contributed by atoms with Crippen LogP contribution in [0.15, 0.2) is 12.1 Å². The molecule has 1 aromatic rings. The van der Waals surface area contributed by atoms with Crippen LogP contribution in [0.3, 0.4) is 0 Å². The Morgan fingerprint density at radius 2 is 2.12 bits per heavy atom. The number of halogens is 3. The van der Waals surface area contributed by atoms with Crippen LogP contribution in [0, 0.1) is 11.6 Å². The van der Waals surface area contributed by atoms with E-state index in [0.29, 0.717) is 19.5 Å². The zero-order valence-electron chi connectivity index (χ0n) is 8.92. The van der Waals surface area contributed by atoms with Crippen LogP contribution in [0.5, 0.6) is 0 Å². The summed E-state index contributed by atoms with van der Waals surface area (Å²) in [5.74, 6) is -2.17. The number of hydrogen-bond acceptors (Lipinski definition) is 2. The lowest BCUT2D eigenvalue weighted by Crippen LogP contribution is -2.32. The topological polar surface area (TPSA) is 46.3 Å². The molecule has 0 bridgehead atoms. The lowest BCUT2D eigenvalue weighted by molar-refractivity contribution is 0.0785. The SMILES string of the molecule is NC1CCN(C(=O)c2cc(F)c(Cl)cc2F)C1. The van der Waals surface area contributed by atoms with Gasteiger partial charge in [-0.05, 0) is 18.6 Å². The molecule has 1 aromatic carbocycles. The molecule has 0 spiro atoms. The van der Waals surface area contributed by atoms with Crippen molar-refractivity contribution in [2.24, 2.45) is 5.73 Å². The van der Waals surface area contributed by atoms with Gasteiger partial charge < -0.3 is 10.6 Å². The van der Waals surface area contributed by atoms with Crippen molar-refractivity contribution in [1.29, 1.82) is 0 Å². The fourth-order valence-electron chi connectivity index (χ4n) is 1.83. The quantitative estimate of drug-likeness (QED) is 0.783. The van der Waals surface area contributed by atoms with E-state index in [0.717, 1.165) is 12.1 Å². The van der Waals surface area contributed by atoms with Crippen molar-refractivity contribution in [2.75, 3.05) is 13.1 Å². The van der Waals surface area contributed by atoms with E-state index in [1.807, 2.05) is 0 Å². The summed E-state index contributed by atoms with van der Waals surface area (Å²) in [6.07, 6.45) is 0.670. The second kappa shape index (κ2) is 4.58. The maximum absolute atomic E-state index is 13.5. The van der Waals surface area contributed by atoms with Crippen molar-refractivity contribution >= 4 is 17.5 Å². The molecule has 1 fully saturated rings. The summed E-state index contributed by atoms with van der Waals surface area (Å²) in [5, 5.41) is -0.336. The maximum atomic E-state index is 13.5. The average molecular weight is 261 g/mol. The highest BCUT2D eigenvalue weighted by Gasteiger charge is 2.27. The first-order chi connectivity index (χ1) is 7.99. The van der Waals surface area contributed by atoms with Gasteiger partial charge in [-0.15, -0.1) is 0 Å². The number of nitrogens with two attached hydrogens (primary N) is 1. The Morgan fingerprint density at radius 3 is 2.71 bits per heavy atom. The van der Waals surface area contributed by atoms with Gasteiger partial charge in [0.15, 0.2) is 0 Å². The predicted molar refractivity (Wildman–Crippen MR) is 59.9 cm³/mol. The largest absolute Gasteiger partial charge is 0.337 e. The lowest BCUT2D eigenvalue weighted by atomic mass is 10.2. The van der Waals surface area contributed by atoms with Crippen molar-refractivity contribution in [3.8, 4) is 0 Å². The normalized spacial score (nSPS) is 19.8. The van der Waals surface area contributed by atoms with E-state index in [2.05, 4.69) is 0 Å². The molecule has 0 aromatic heterocycles. The molecule has 17 heavy (non-hydrogen) atoms. The molecule has 1 amide bonds. The van der Waals surface area contributed by atoms with Crippen LogP contribution < -0.4 is 5.73 Å². The Bertz CT molecular complexity index is 467. The van der Waals surface area contributed by atoms with Crippen LogP contribution in [0.2, 0.25) is 5.02 Å². The van der Waals surface area contributed by atoms with Gasteiger partial charge in [-0.2, -0.15) is 0 Å². The summed E-state index contributed by atoms with van der Waals surface area (Å²) in [6, 6.07) is 1.53. The van der Waals surface area contributed by atoms with E-state index in [1.165, 1.54) is 4.90 Å².